The zero-order valence-corrected chi connectivity index (χ0v) is 21.3. The van der Waals surface area contributed by atoms with Crippen molar-refractivity contribution < 1.29 is 19.1 Å². The first-order chi connectivity index (χ1) is 14.3. The van der Waals surface area contributed by atoms with Crippen LogP contribution in [0.15, 0.2) is 16.6 Å². The number of carbonyl (C=O) groups excluding carboxylic acids is 2. The SMILES string of the molecule is CC(C)(C)OC(=O)[C@@H](Cc1cc(Br)cc2c1CCC2)[C@H]1CCN(C(=O)OC(C)(C)C)C1. The molecule has 1 saturated heterocycles. The third-order valence-electron chi connectivity index (χ3n) is 5.87. The van der Waals surface area contributed by atoms with Gasteiger partial charge >= 0.3 is 12.1 Å². The average molecular weight is 494 g/mol. The maximum Gasteiger partial charge on any atom is 0.410 e. The number of carbonyl (C=O) groups is 2. The lowest BCUT2D eigenvalue weighted by atomic mass is 9.84. The number of rotatable bonds is 4. The van der Waals surface area contributed by atoms with E-state index in [1.54, 1.807) is 4.90 Å². The summed E-state index contributed by atoms with van der Waals surface area (Å²) in [5.74, 6) is -0.403. The van der Waals surface area contributed by atoms with E-state index < -0.39 is 11.2 Å². The van der Waals surface area contributed by atoms with Crippen LogP contribution in [0.3, 0.4) is 0 Å². The van der Waals surface area contributed by atoms with Gasteiger partial charge < -0.3 is 14.4 Å². The number of hydrogen-bond acceptors (Lipinski definition) is 4. The predicted molar refractivity (Wildman–Crippen MR) is 125 cm³/mol. The number of amides is 1. The molecule has 172 valence electrons. The second-order valence-corrected chi connectivity index (χ2v) is 11.8. The molecule has 2 aliphatic rings. The summed E-state index contributed by atoms with van der Waals surface area (Å²) in [6.07, 6.45) is 4.43. The van der Waals surface area contributed by atoms with E-state index >= 15 is 0 Å². The van der Waals surface area contributed by atoms with E-state index in [0.717, 1.165) is 30.2 Å². The van der Waals surface area contributed by atoms with Gasteiger partial charge in [0, 0.05) is 17.6 Å². The largest absolute Gasteiger partial charge is 0.460 e. The van der Waals surface area contributed by atoms with Crippen LogP contribution in [-0.4, -0.2) is 41.3 Å². The lowest BCUT2D eigenvalue weighted by Gasteiger charge is -2.28. The van der Waals surface area contributed by atoms with Gasteiger partial charge in [0.1, 0.15) is 11.2 Å². The molecule has 6 heteroatoms. The van der Waals surface area contributed by atoms with E-state index in [1.807, 2.05) is 41.5 Å². The van der Waals surface area contributed by atoms with Crippen LogP contribution >= 0.6 is 15.9 Å². The zero-order valence-electron chi connectivity index (χ0n) is 19.7. The highest BCUT2D eigenvalue weighted by Crippen LogP contribution is 2.35. The van der Waals surface area contributed by atoms with Gasteiger partial charge in [-0.25, -0.2) is 4.79 Å². The fourth-order valence-electron chi connectivity index (χ4n) is 4.60. The minimum Gasteiger partial charge on any atom is -0.460 e. The quantitative estimate of drug-likeness (QED) is 0.505. The Morgan fingerprint density at radius 3 is 2.42 bits per heavy atom. The van der Waals surface area contributed by atoms with E-state index in [9.17, 15) is 9.59 Å². The predicted octanol–water partition coefficient (Wildman–Crippen LogP) is 5.70. The summed E-state index contributed by atoms with van der Waals surface area (Å²) in [4.78, 5) is 27.6. The Morgan fingerprint density at radius 1 is 1.10 bits per heavy atom. The van der Waals surface area contributed by atoms with Gasteiger partial charge in [-0.3, -0.25) is 4.79 Å². The molecule has 1 heterocycles. The van der Waals surface area contributed by atoms with Crippen molar-refractivity contribution in [1.29, 1.82) is 0 Å². The van der Waals surface area contributed by atoms with Gasteiger partial charge in [-0.15, -0.1) is 0 Å². The minimum atomic E-state index is -0.544. The number of halogens is 1. The van der Waals surface area contributed by atoms with Crippen LogP contribution in [0.2, 0.25) is 0 Å². The first kappa shape index (κ1) is 24.1. The highest BCUT2D eigenvalue weighted by molar-refractivity contribution is 9.10. The Hall–Kier alpha value is -1.56. The van der Waals surface area contributed by atoms with Crippen LogP contribution in [0.4, 0.5) is 4.79 Å². The molecule has 5 nitrogen and oxygen atoms in total. The molecule has 1 aliphatic heterocycles. The molecule has 1 aliphatic carbocycles. The lowest BCUT2D eigenvalue weighted by Crippen LogP contribution is -2.38. The van der Waals surface area contributed by atoms with Crippen LogP contribution in [0.5, 0.6) is 0 Å². The Kier molecular flexibility index (Phi) is 7.09. The molecule has 0 bridgehead atoms. The molecule has 3 rings (SSSR count). The summed E-state index contributed by atoms with van der Waals surface area (Å²) in [5.41, 5.74) is 2.93. The third-order valence-corrected chi connectivity index (χ3v) is 6.32. The number of nitrogens with zero attached hydrogens (tertiary/aromatic N) is 1. The van der Waals surface area contributed by atoms with Gasteiger partial charge in [-0.05, 0) is 108 Å². The Morgan fingerprint density at radius 2 is 1.77 bits per heavy atom. The molecule has 1 aromatic carbocycles. The van der Waals surface area contributed by atoms with E-state index in [-0.39, 0.29) is 23.9 Å². The molecule has 0 spiro atoms. The average Bonchev–Trinajstić information content (AvgIpc) is 3.25. The molecule has 0 saturated carbocycles. The number of esters is 1. The molecular formula is C25H36BrNO4. The molecular weight excluding hydrogens is 458 g/mol. The van der Waals surface area contributed by atoms with Crippen molar-refractivity contribution in [1.82, 2.24) is 4.90 Å². The monoisotopic (exact) mass is 493 g/mol. The summed E-state index contributed by atoms with van der Waals surface area (Å²) in [5, 5.41) is 0. The second-order valence-electron chi connectivity index (χ2n) is 10.9. The number of fused-ring (bicyclic) bond motifs is 1. The molecule has 1 amide bonds. The van der Waals surface area contributed by atoms with Gasteiger partial charge in [0.15, 0.2) is 0 Å². The van der Waals surface area contributed by atoms with Crippen LogP contribution < -0.4 is 0 Å². The van der Waals surface area contributed by atoms with Crippen LogP contribution in [0.1, 0.15) is 71.1 Å². The maximum atomic E-state index is 13.3. The van der Waals surface area contributed by atoms with Crippen molar-refractivity contribution in [2.75, 3.05) is 13.1 Å². The van der Waals surface area contributed by atoms with E-state index in [0.29, 0.717) is 19.5 Å². The fraction of sp³-hybridized carbons (Fsp3) is 0.680. The van der Waals surface area contributed by atoms with Crippen molar-refractivity contribution in [3.63, 3.8) is 0 Å². The Bertz CT molecular complexity index is 837. The van der Waals surface area contributed by atoms with Gasteiger partial charge in [-0.1, -0.05) is 15.9 Å². The van der Waals surface area contributed by atoms with Crippen molar-refractivity contribution in [3.8, 4) is 0 Å². The maximum absolute atomic E-state index is 13.3. The number of hydrogen-bond donors (Lipinski definition) is 0. The molecule has 1 aromatic rings. The third kappa shape index (κ3) is 6.47. The van der Waals surface area contributed by atoms with Crippen LogP contribution in [-0.2, 0) is 33.5 Å². The second kappa shape index (κ2) is 9.13. The van der Waals surface area contributed by atoms with E-state index in [1.165, 1.54) is 16.7 Å². The van der Waals surface area contributed by atoms with E-state index in [2.05, 4.69) is 28.1 Å². The number of ether oxygens (including phenoxy) is 2. The van der Waals surface area contributed by atoms with Crippen LogP contribution in [0, 0.1) is 11.8 Å². The summed E-state index contributed by atoms with van der Waals surface area (Å²) in [7, 11) is 0. The van der Waals surface area contributed by atoms with Crippen molar-refractivity contribution in [2.45, 2.75) is 84.8 Å². The molecule has 31 heavy (non-hydrogen) atoms. The topological polar surface area (TPSA) is 55.8 Å². The van der Waals surface area contributed by atoms with E-state index in [4.69, 9.17) is 9.47 Å². The van der Waals surface area contributed by atoms with Crippen molar-refractivity contribution in [2.24, 2.45) is 11.8 Å². The standard InChI is InChI=1S/C25H36BrNO4/c1-24(2,3)30-22(28)21(14-18-13-19(26)12-16-8-7-9-20(16)18)17-10-11-27(15-17)23(29)31-25(4,5)6/h12-13,17,21H,7-11,14-15H2,1-6H3/t17-,21-/m0/s1. The first-order valence-electron chi connectivity index (χ1n) is 11.3. The van der Waals surface area contributed by atoms with Crippen molar-refractivity contribution in [3.05, 3.63) is 33.3 Å². The van der Waals surface area contributed by atoms with Crippen molar-refractivity contribution >= 4 is 28.0 Å². The minimum absolute atomic E-state index is 0.0541. The fourth-order valence-corrected chi connectivity index (χ4v) is 5.15. The van der Waals surface area contributed by atoms with Crippen LogP contribution in [0.25, 0.3) is 0 Å². The summed E-state index contributed by atoms with van der Waals surface area (Å²) < 4.78 is 12.4. The summed E-state index contributed by atoms with van der Waals surface area (Å²) >= 11 is 3.65. The molecule has 0 radical (unpaired) electrons. The van der Waals surface area contributed by atoms with Gasteiger partial charge in [0.25, 0.3) is 0 Å². The zero-order chi connectivity index (χ0) is 23.0. The summed E-state index contributed by atoms with van der Waals surface area (Å²) in [6.45, 7) is 12.5. The first-order valence-corrected chi connectivity index (χ1v) is 12.1. The molecule has 0 unspecified atom stereocenters. The smallest absolute Gasteiger partial charge is 0.410 e. The molecule has 0 N–H and O–H groups in total. The Labute approximate surface area is 195 Å². The number of aryl methyl sites for hydroxylation is 1. The highest BCUT2D eigenvalue weighted by Gasteiger charge is 2.39. The molecule has 0 aromatic heterocycles. The number of likely N-dealkylation sites (tertiary alicyclic amines) is 1. The van der Waals surface area contributed by atoms with Gasteiger partial charge in [0.2, 0.25) is 0 Å². The molecule has 2 atom stereocenters. The van der Waals surface area contributed by atoms with Gasteiger partial charge in [-0.2, -0.15) is 0 Å². The normalized spacial score (nSPS) is 19.8. The lowest BCUT2D eigenvalue weighted by molar-refractivity contribution is -0.161. The van der Waals surface area contributed by atoms with Gasteiger partial charge in [0.05, 0.1) is 5.92 Å². The number of benzene rings is 1. The Balaban J connectivity index is 1.82. The summed E-state index contributed by atoms with van der Waals surface area (Å²) in [6, 6.07) is 4.36. The highest BCUT2D eigenvalue weighted by atomic mass is 79.9. The molecule has 1 fully saturated rings.